The molecule has 15 heteroatoms. The van der Waals surface area contributed by atoms with Crippen molar-refractivity contribution < 1.29 is 39.3 Å². The molecule has 238 valence electrons. The lowest BCUT2D eigenvalue weighted by molar-refractivity contribution is -0.142. The van der Waals surface area contributed by atoms with E-state index in [1.54, 1.807) is 30.3 Å². The van der Waals surface area contributed by atoms with Gasteiger partial charge in [-0.05, 0) is 42.5 Å². The van der Waals surface area contributed by atoms with Crippen LogP contribution in [0.4, 0.5) is 0 Å². The summed E-state index contributed by atoms with van der Waals surface area (Å²) in [5, 5.41) is 35.9. The zero-order valence-corrected chi connectivity index (χ0v) is 24.0. The maximum atomic E-state index is 13.6. The van der Waals surface area contributed by atoms with Gasteiger partial charge < -0.3 is 48.5 Å². The second-order valence-corrected chi connectivity index (χ2v) is 10.1. The first-order valence-electron chi connectivity index (χ1n) is 13.8. The van der Waals surface area contributed by atoms with Gasteiger partial charge in [-0.3, -0.25) is 24.2 Å². The molecule has 0 aliphatic rings. The molecule has 0 bridgehead atoms. The summed E-state index contributed by atoms with van der Waals surface area (Å²) >= 11 is 0. The van der Waals surface area contributed by atoms with Crippen LogP contribution in [0.1, 0.15) is 36.8 Å². The van der Waals surface area contributed by atoms with Crippen molar-refractivity contribution in [2.75, 3.05) is 6.54 Å². The Morgan fingerprint density at radius 1 is 0.727 bits per heavy atom. The summed E-state index contributed by atoms with van der Waals surface area (Å²) in [6.45, 7) is 0.144. The third-order valence-electron chi connectivity index (χ3n) is 6.49. The molecule has 15 nitrogen and oxygen atoms in total. The van der Waals surface area contributed by atoms with E-state index < -0.39 is 53.8 Å². The summed E-state index contributed by atoms with van der Waals surface area (Å²) in [6, 6.07) is 9.56. The summed E-state index contributed by atoms with van der Waals surface area (Å²) < 4.78 is 0. The van der Waals surface area contributed by atoms with Gasteiger partial charge >= 0.3 is 11.9 Å². The number of aliphatic carboxylic acids is 2. The predicted molar refractivity (Wildman–Crippen MR) is 160 cm³/mol. The van der Waals surface area contributed by atoms with Crippen molar-refractivity contribution in [1.29, 1.82) is 0 Å². The maximum absolute atomic E-state index is 13.6. The Kier molecular flexibility index (Phi) is 14.1. The molecule has 0 heterocycles. The smallest absolute Gasteiger partial charge is 0.326 e. The molecule has 44 heavy (non-hydrogen) atoms. The van der Waals surface area contributed by atoms with Crippen LogP contribution in [0.2, 0.25) is 0 Å². The van der Waals surface area contributed by atoms with Crippen molar-refractivity contribution in [3.8, 4) is 5.75 Å². The lowest BCUT2D eigenvalue weighted by atomic mass is 10.0. The van der Waals surface area contributed by atoms with Crippen molar-refractivity contribution in [1.82, 2.24) is 16.0 Å². The Morgan fingerprint density at radius 3 is 1.77 bits per heavy atom. The fourth-order valence-corrected chi connectivity index (χ4v) is 4.13. The number of rotatable bonds is 18. The first-order valence-corrected chi connectivity index (χ1v) is 13.8. The monoisotopic (exact) mass is 613 g/mol. The number of aliphatic imine (C=N–C) groups is 1. The van der Waals surface area contributed by atoms with Gasteiger partial charge in [0, 0.05) is 25.8 Å². The number of amides is 3. The minimum absolute atomic E-state index is 0.00134. The Morgan fingerprint density at radius 2 is 1.25 bits per heavy atom. The van der Waals surface area contributed by atoms with E-state index in [4.69, 9.17) is 22.3 Å². The fraction of sp³-hybridized carbons (Fsp3) is 0.379. The van der Waals surface area contributed by atoms with Gasteiger partial charge in [-0.15, -0.1) is 0 Å². The molecule has 0 aromatic heterocycles. The molecule has 3 amide bonds. The molecule has 0 aliphatic carbocycles. The van der Waals surface area contributed by atoms with Gasteiger partial charge in [0.25, 0.3) is 0 Å². The SMILES string of the molecule is NC(N)=NCCCC(NC(=O)C(Cc1ccc(O)cc1)NC(=O)C(Cc1ccccc1)NC(=O)C(N)CCC(=O)O)C(=O)O. The summed E-state index contributed by atoms with van der Waals surface area (Å²) in [4.78, 5) is 66.4. The van der Waals surface area contributed by atoms with Crippen LogP contribution in [-0.2, 0) is 36.8 Å². The Balaban J connectivity index is 2.29. The topological polar surface area (TPSA) is 273 Å². The number of nitrogens with two attached hydrogens (primary N) is 3. The van der Waals surface area contributed by atoms with Crippen LogP contribution in [0.3, 0.4) is 0 Å². The number of hydrogen-bond acceptors (Lipinski definition) is 8. The van der Waals surface area contributed by atoms with Gasteiger partial charge in [-0.2, -0.15) is 0 Å². The van der Waals surface area contributed by atoms with E-state index in [0.717, 1.165) is 0 Å². The molecule has 2 rings (SSSR count). The molecule has 0 saturated carbocycles. The molecule has 4 atom stereocenters. The van der Waals surface area contributed by atoms with E-state index in [1.165, 1.54) is 24.3 Å². The lowest BCUT2D eigenvalue weighted by Gasteiger charge is -2.25. The molecule has 0 spiro atoms. The number of aromatic hydroxyl groups is 1. The van der Waals surface area contributed by atoms with Crippen molar-refractivity contribution in [3.05, 3.63) is 65.7 Å². The van der Waals surface area contributed by atoms with Gasteiger partial charge in [0.1, 0.15) is 23.9 Å². The van der Waals surface area contributed by atoms with Crippen molar-refractivity contribution in [2.45, 2.75) is 62.7 Å². The number of nitrogens with one attached hydrogen (secondary N) is 3. The van der Waals surface area contributed by atoms with Crippen molar-refractivity contribution in [2.24, 2.45) is 22.2 Å². The number of hydrogen-bond donors (Lipinski definition) is 9. The number of phenolic OH excluding ortho intramolecular Hbond substituents is 1. The van der Waals surface area contributed by atoms with Gasteiger partial charge in [0.2, 0.25) is 17.7 Å². The third-order valence-corrected chi connectivity index (χ3v) is 6.49. The number of carbonyl (C=O) groups is 5. The average molecular weight is 614 g/mol. The largest absolute Gasteiger partial charge is 0.508 e. The van der Waals surface area contributed by atoms with E-state index in [0.29, 0.717) is 11.1 Å². The number of carboxylic acid groups (broad SMARTS) is 2. The lowest BCUT2D eigenvalue weighted by Crippen LogP contribution is -2.58. The van der Waals surface area contributed by atoms with Crippen molar-refractivity contribution >= 4 is 35.6 Å². The van der Waals surface area contributed by atoms with Crippen LogP contribution in [0.25, 0.3) is 0 Å². The highest BCUT2D eigenvalue weighted by Crippen LogP contribution is 2.13. The van der Waals surface area contributed by atoms with Crippen LogP contribution in [0, 0.1) is 0 Å². The quantitative estimate of drug-likeness (QED) is 0.0556. The number of guanidine groups is 1. The molecule has 2 aromatic carbocycles. The second kappa shape index (κ2) is 17.7. The van der Waals surface area contributed by atoms with Gasteiger partial charge in [0.15, 0.2) is 5.96 Å². The van der Waals surface area contributed by atoms with Gasteiger partial charge in [-0.1, -0.05) is 42.5 Å². The van der Waals surface area contributed by atoms with Crippen LogP contribution in [0.5, 0.6) is 5.75 Å². The highest BCUT2D eigenvalue weighted by atomic mass is 16.4. The highest BCUT2D eigenvalue weighted by molar-refractivity contribution is 5.94. The predicted octanol–water partition coefficient (Wildman–Crippen LogP) is -1.04. The molecular formula is C29H39N7O8. The molecule has 0 aliphatic heterocycles. The molecule has 0 fully saturated rings. The third kappa shape index (κ3) is 12.8. The standard InChI is InChI=1S/C29H39N7O8/c30-20(12-13-24(38)39)25(40)35-22(15-17-5-2-1-3-6-17)27(42)36-23(16-18-8-10-19(37)11-9-18)26(41)34-21(28(43)44)7-4-14-33-29(31)32/h1-3,5-6,8-11,20-23,37H,4,7,12-16,30H2,(H,34,41)(H,35,40)(H,36,42)(H,38,39)(H,43,44)(H4,31,32,33). The van der Waals surface area contributed by atoms with E-state index in [2.05, 4.69) is 20.9 Å². The molecule has 12 N–H and O–H groups in total. The van der Waals surface area contributed by atoms with Gasteiger partial charge in [-0.25, -0.2) is 4.79 Å². The summed E-state index contributed by atoms with van der Waals surface area (Å²) in [6.07, 6.45) is -0.333. The summed E-state index contributed by atoms with van der Waals surface area (Å²) in [5.41, 5.74) is 17.7. The number of benzene rings is 2. The summed E-state index contributed by atoms with van der Waals surface area (Å²) in [5.74, 6) is -4.93. The Bertz CT molecular complexity index is 1300. The highest BCUT2D eigenvalue weighted by Gasteiger charge is 2.31. The second-order valence-electron chi connectivity index (χ2n) is 10.1. The fourth-order valence-electron chi connectivity index (χ4n) is 4.13. The minimum atomic E-state index is -1.32. The normalized spacial score (nSPS) is 13.4. The average Bonchev–Trinajstić information content (AvgIpc) is 2.97. The van der Waals surface area contributed by atoms with Crippen LogP contribution in [0.15, 0.2) is 59.6 Å². The minimum Gasteiger partial charge on any atom is -0.508 e. The van der Waals surface area contributed by atoms with Crippen molar-refractivity contribution in [3.63, 3.8) is 0 Å². The van der Waals surface area contributed by atoms with Gasteiger partial charge in [0.05, 0.1) is 6.04 Å². The number of carbonyl (C=O) groups excluding carboxylic acids is 3. The molecular weight excluding hydrogens is 574 g/mol. The maximum Gasteiger partial charge on any atom is 0.326 e. The van der Waals surface area contributed by atoms with E-state index >= 15 is 0 Å². The Labute approximate surface area is 253 Å². The van der Waals surface area contributed by atoms with Crippen LogP contribution < -0.4 is 33.2 Å². The van der Waals surface area contributed by atoms with Crippen LogP contribution >= 0.6 is 0 Å². The first-order chi connectivity index (χ1) is 20.8. The molecule has 0 saturated heterocycles. The molecule has 4 unspecified atom stereocenters. The number of nitrogens with zero attached hydrogens (tertiary/aromatic N) is 1. The van der Waals surface area contributed by atoms with E-state index in [9.17, 15) is 34.2 Å². The van der Waals surface area contributed by atoms with Crippen LogP contribution in [-0.4, -0.2) is 81.7 Å². The zero-order chi connectivity index (χ0) is 32.6. The number of carboxylic acids is 2. The zero-order valence-electron chi connectivity index (χ0n) is 24.0. The summed E-state index contributed by atoms with van der Waals surface area (Å²) in [7, 11) is 0. The molecule has 2 aromatic rings. The first kappa shape index (κ1) is 35.0. The Hall–Kier alpha value is -5.18. The van der Waals surface area contributed by atoms with E-state index in [-0.39, 0.29) is 56.8 Å². The van der Waals surface area contributed by atoms with E-state index in [1.807, 2.05) is 0 Å². The molecule has 0 radical (unpaired) electrons. The number of phenols is 1.